The molecule has 2 N–H and O–H groups in total. The molecule has 0 spiro atoms. The van der Waals surface area contributed by atoms with Gasteiger partial charge in [0.05, 0.1) is 18.0 Å². The topological polar surface area (TPSA) is 128 Å². The van der Waals surface area contributed by atoms with Gasteiger partial charge in [0.1, 0.15) is 16.9 Å². The fourth-order valence-electron chi connectivity index (χ4n) is 3.11. The SMILES string of the molecule is COC(=O)C1(c2cccc(Oc3ccc([N+](=O)[O-])cc3)c2)CC1C(=O)NO. The van der Waals surface area contributed by atoms with E-state index in [-0.39, 0.29) is 12.1 Å². The molecule has 1 amide bonds. The van der Waals surface area contributed by atoms with E-state index in [0.29, 0.717) is 17.1 Å². The zero-order chi connectivity index (χ0) is 19.6. The lowest BCUT2D eigenvalue weighted by Crippen LogP contribution is -2.31. The molecule has 1 fully saturated rings. The summed E-state index contributed by atoms with van der Waals surface area (Å²) in [4.78, 5) is 34.3. The molecular weight excluding hydrogens is 356 g/mol. The number of rotatable bonds is 6. The van der Waals surface area contributed by atoms with Crippen LogP contribution in [0.15, 0.2) is 48.5 Å². The molecule has 2 aromatic carbocycles. The monoisotopic (exact) mass is 372 g/mol. The van der Waals surface area contributed by atoms with E-state index in [2.05, 4.69) is 0 Å². The lowest BCUT2D eigenvalue weighted by Gasteiger charge is -2.16. The van der Waals surface area contributed by atoms with Gasteiger partial charge in [-0.05, 0) is 36.2 Å². The van der Waals surface area contributed by atoms with Crippen molar-refractivity contribution >= 4 is 17.6 Å². The second kappa shape index (κ2) is 7.04. The highest BCUT2D eigenvalue weighted by molar-refractivity contribution is 5.97. The zero-order valence-corrected chi connectivity index (χ0v) is 14.2. The van der Waals surface area contributed by atoms with E-state index >= 15 is 0 Å². The number of nitrogens with zero attached hydrogens (tertiary/aromatic N) is 1. The summed E-state index contributed by atoms with van der Waals surface area (Å²) < 4.78 is 10.5. The van der Waals surface area contributed by atoms with Gasteiger partial charge in [0.25, 0.3) is 5.69 Å². The number of carbonyl (C=O) groups is 2. The van der Waals surface area contributed by atoms with Crippen molar-refractivity contribution in [3.63, 3.8) is 0 Å². The average molecular weight is 372 g/mol. The summed E-state index contributed by atoms with van der Waals surface area (Å²) in [6.07, 6.45) is 0.201. The van der Waals surface area contributed by atoms with E-state index in [1.807, 2.05) is 0 Å². The zero-order valence-electron chi connectivity index (χ0n) is 14.2. The quantitative estimate of drug-likeness (QED) is 0.345. The van der Waals surface area contributed by atoms with E-state index in [1.54, 1.807) is 29.7 Å². The summed E-state index contributed by atoms with van der Waals surface area (Å²) in [5.41, 5.74) is 0.839. The lowest BCUT2D eigenvalue weighted by molar-refractivity contribution is -0.384. The molecule has 1 saturated carbocycles. The third kappa shape index (κ3) is 3.32. The maximum Gasteiger partial charge on any atom is 0.317 e. The van der Waals surface area contributed by atoms with E-state index in [4.69, 9.17) is 14.7 Å². The molecule has 0 saturated heterocycles. The summed E-state index contributed by atoms with van der Waals surface area (Å²) in [7, 11) is 1.23. The first-order valence-corrected chi connectivity index (χ1v) is 7.97. The van der Waals surface area contributed by atoms with Crippen LogP contribution in [0.1, 0.15) is 12.0 Å². The number of amides is 1. The largest absolute Gasteiger partial charge is 0.468 e. The molecule has 9 nitrogen and oxygen atoms in total. The number of methoxy groups -OCH3 is 1. The minimum atomic E-state index is -1.18. The van der Waals surface area contributed by atoms with Gasteiger partial charge in [-0.15, -0.1) is 0 Å². The highest BCUT2D eigenvalue weighted by Gasteiger charge is 2.65. The van der Waals surface area contributed by atoms with Gasteiger partial charge in [0, 0.05) is 12.1 Å². The molecule has 27 heavy (non-hydrogen) atoms. The summed E-state index contributed by atoms with van der Waals surface area (Å²) in [6, 6.07) is 12.1. The molecule has 0 aromatic heterocycles. The second-order valence-corrected chi connectivity index (χ2v) is 6.08. The Kier molecular flexibility index (Phi) is 4.78. The molecular formula is C18H16N2O7. The molecule has 1 aliphatic carbocycles. The number of hydroxylamine groups is 1. The Labute approximate surface area is 153 Å². The van der Waals surface area contributed by atoms with Gasteiger partial charge < -0.3 is 9.47 Å². The Balaban J connectivity index is 1.87. The maximum atomic E-state index is 12.3. The molecule has 2 aromatic rings. The molecule has 2 unspecified atom stereocenters. The van der Waals surface area contributed by atoms with Crippen LogP contribution in [0.4, 0.5) is 5.69 Å². The van der Waals surface area contributed by atoms with Crippen LogP contribution in [0, 0.1) is 16.0 Å². The molecule has 140 valence electrons. The van der Waals surface area contributed by atoms with Crippen LogP contribution in [0.25, 0.3) is 0 Å². The number of ether oxygens (including phenoxy) is 2. The van der Waals surface area contributed by atoms with Crippen LogP contribution in [0.2, 0.25) is 0 Å². The molecule has 1 aliphatic rings. The van der Waals surface area contributed by atoms with Gasteiger partial charge in [-0.3, -0.25) is 24.9 Å². The van der Waals surface area contributed by atoms with Crippen molar-refractivity contribution in [1.29, 1.82) is 0 Å². The number of hydrogen-bond donors (Lipinski definition) is 2. The number of non-ortho nitro benzene ring substituents is 1. The first-order valence-electron chi connectivity index (χ1n) is 7.97. The van der Waals surface area contributed by atoms with Gasteiger partial charge in [0.2, 0.25) is 5.91 Å². The summed E-state index contributed by atoms with van der Waals surface area (Å²) in [5, 5.41) is 19.6. The Bertz CT molecular complexity index is 897. The van der Waals surface area contributed by atoms with E-state index < -0.39 is 28.1 Å². The Morgan fingerprint density at radius 2 is 1.93 bits per heavy atom. The van der Waals surface area contributed by atoms with Crippen molar-refractivity contribution in [2.75, 3.05) is 7.11 Å². The average Bonchev–Trinajstić information content (AvgIpc) is 3.44. The maximum absolute atomic E-state index is 12.3. The number of benzene rings is 2. The number of nitro benzene ring substituents is 1. The van der Waals surface area contributed by atoms with Crippen LogP contribution >= 0.6 is 0 Å². The van der Waals surface area contributed by atoms with Gasteiger partial charge in [0.15, 0.2) is 0 Å². The van der Waals surface area contributed by atoms with Crippen molar-refractivity contribution in [3.05, 3.63) is 64.2 Å². The third-order valence-electron chi connectivity index (χ3n) is 4.57. The van der Waals surface area contributed by atoms with Crippen molar-refractivity contribution in [2.45, 2.75) is 11.8 Å². The number of esters is 1. The molecule has 0 radical (unpaired) electrons. The smallest absolute Gasteiger partial charge is 0.317 e. The van der Waals surface area contributed by atoms with Gasteiger partial charge >= 0.3 is 5.97 Å². The molecule has 9 heteroatoms. The van der Waals surface area contributed by atoms with Crippen LogP contribution in [-0.2, 0) is 19.7 Å². The van der Waals surface area contributed by atoms with E-state index in [0.717, 1.165) is 0 Å². The Morgan fingerprint density at radius 3 is 2.52 bits per heavy atom. The summed E-state index contributed by atoms with van der Waals surface area (Å²) >= 11 is 0. The van der Waals surface area contributed by atoms with Crippen LogP contribution in [-0.4, -0.2) is 29.1 Å². The predicted octanol–water partition coefficient (Wildman–Crippen LogP) is 2.32. The number of nitrogens with one attached hydrogen (secondary N) is 1. The van der Waals surface area contributed by atoms with Gasteiger partial charge in [-0.1, -0.05) is 12.1 Å². The molecule has 3 rings (SSSR count). The normalized spacial score (nSPS) is 20.4. The van der Waals surface area contributed by atoms with Crippen LogP contribution in [0.5, 0.6) is 11.5 Å². The van der Waals surface area contributed by atoms with Crippen LogP contribution in [0.3, 0.4) is 0 Å². The highest BCUT2D eigenvalue weighted by atomic mass is 16.6. The van der Waals surface area contributed by atoms with Crippen molar-refractivity contribution < 1.29 is 29.2 Å². The number of carbonyl (C=O) groups excluding carboxylic acids is 2. The Hall–Kier alpha value is -3.46. The number of hydrogen-bond acceptors (Lipinski definition) is 7. The molecule has 0 bridgehead atoms. The molecule has 0 heterocycles. The van der Waals surface area contributed by atoms with Gasteiger partial charge in [-0.2, -0.15) is 0 Å². The minimum absolute atomic E-state index is 0.0587. The summed E-state index contributed by atoms with van der Waals surface area (Å²) in [5.74, 6) is -1.22. The highest BCUT2D eigenvalue weighted by Crippen LogP contribution is 2.55. The Morgan fingerprint density at radius 1 is 1.22 bits per heavy atom. The number of nitro groups is 1. The standard InChI is InChI=1S/C18H16N2O7/c1-26-17(22)18(10-15(18)16(21)19-23)11-3-2-4-14(9-11)27-13-7-5-12(6-8-13)20(24)25/h2-9,15,23H,10H2,1H3,(H,19,21). The molecule has 2 atom stereocenters. The van der Waals surface area contributed by atoms with E-state index in [1.165, 1.54) is 31.4 Å². The summed E-state index contributed by atoms with van der Waals surface area (Å²) in [6.45, 7) is 0. The van der Waals surface area contributed by atoms with Crippen molar-refractivity contribution in [2.24, 2.45) is 5.92 Å². The van der Waals surface area contributed by atoms with Crippen LogP contribution < -0.4 is 10.2 Å². The van der Waals surface area contributed by atoms with Crippen molar-refractivity contribution in [3.8, 4) is 11.5 Å². The predicted molar refractivity (Wildman–Crippen MR) is 91.3 cm³/mol. The third-order valence-corrected chi connectivity index (χ3v) is 4.57. The lowest BCUT2D eigenvalue weighted by atomic mass is 9.92. The first-order chi connectivity index (χ1) is 12.9. The fraction of sp³-hybridized carbons (Fsp3) is 0.222. The van der Waals surface area contributed by atoms with E-state index in [9.17, 15) is 19.7 Å². The minimum Gasteiger partial charge on any atom is -0.468 e. The molecule has 0 aliphatic heterocycles. The van der Waals surface area contributed by atoms with Gasteiger partial charge in [-0.25, -0.2) is 5.48 Å². The second-order valence-electron chi connectivity index (χ2n) is 6.08. The fourth-order valence-corrected chi connectivity index (χ4v) is 3.11. The van der Waals surface area contributed by atoms with Crippen molar-refractivity contribution in [1.82, 2.24) is 5.48 Å². The first kappa shape index (κ1) is 18.3.